The van der Waals surface area contributed by atoms with E-state index in [1.54, 1.807) is 0 Å². The normalized spacial score (nSPS) is 16.6. The summed E-state index contributed by atoms with van der Waals surface area (Å²) in [6.07, 6.45) is 0. The molecule has 10 aromatic rings. The fraction of sp³-hybridized carbons (Fsp3) is 0.0588. The van der Waals surface area contributed by atoms with Gasteiger partial charge in [-0.15, -0.1) is 0 Å². The molecule has 3 heteroatoms. The van der Waals surface area contributed by atoms with Crippen LogP contribution in [-0.4, -0.2) is 17.2 Å². The highest BCUT2D eigenvalue weighted by Crippen LogP contribution is 2.55. The number of rotatable bonds is 2. The van der Waals surface area contributed by atoms with Gasteiger partial charge < -0.3 is 9.13 Å². The Morgan fingerprint density at radius 3 is 1.80 bits per heavy atom. The molecule has 0 fully saturated rings. The van der Waals surface area contributed by atoms with Gasteiger partial charge in [-0.2, -0.15) is 0 Å². The molecule has 2 aliphatic heterocycles. The zero-order valence-electron chi connectivity index (χ0n) is 30.2. The van der Waals surface area contributed by atoms with Crippen LogP contribution in [0.15, 0.2) is 182 Å². The van der Waals surface area contributed by atoms with Crippen molar-refractivity contribution in [1.82, 2.24) is 9.13 Å². The Morgan fingerprint density at radius 2 is 0.963 bits per heavy atom. The lowest BCUT2D eigenvalue weighted by Crippen LogP contribution is -2.63. The van der Waals surface area contributed by atoms with E-state index < -0.39 is 13.5 Å². The summed E-state index contributed by atoms with van der Waals surface area (Å²) in [7, 11) is -2.12. The summed E-state index contributed by atoms with van der Waals surface area (Å²) in [6, 6.07) is 68.7. The fourth-order valence-electron chi connectivity index (χ4n) is 10.5. The SMILES string of the molecule is C[Si]1(C)c2ccccc2C2(c3ccccc3-n3c4ccccc4c4cccc2c43)c2cc(-c3ccc4c(c3)c3ccccc3n4-c3ccccc3)ccc21. The highest BCUT2D eigenvalue weighted by molar-refractivity contribution is 7.01. The fourth-order valence-corrected chi connectivity index (χ4v) is 13.7. The Balaban J connectivity index is 1.19. The maximum Gasteiger partial charge on any atom is 0.113 e. The molecule has 1 atom stereocenters. The second-order valence-electron chi connectivity index (χ2n) is 15.7. The maximum absolute atomic E-state index is 2.57. The number of hydrogen-bond donors (Lipinski definition) is 0. The molecule has 12 rings (SSSR count). The highest BCUT2D eigenvalue weighted by Gasteiger charge is 2.53. The number of para-hydroxylation sites is 5. The van der Waals surface area contributed by atoms with E-state index >= 15 is 0 Å². The minimum Gasteiger partial charge on any atom is -0.309 e. The van der Waals surface area contributed by atoms with Crippen LogP contribution in [0.2, 0.25) is 13.1 Å². The molecule has 8 aromatic carbocycles. The van der Waals surface area contributed by atoms with E-state index in [0.717, 1.165) is 0 Å². The Bertz CT molecular complexity index is 3200. The third kappa shape index (κ3) is 3.65. The molecule has 2 aromatic heterocycles. The van der Waals surface area contributed by atoms with E-state index in [1.807, 2.05) is 0 Å². The van der Waals surface area contributed by atoms with Gasteiger partial charge in [-0.3, -0.25) is 0 Å². The van der Waals surface area contributed by atoms with Crippen LogP contribution < -0.4 is 10.4 Å². The van der Waals surface area contributed by atoms with Crippen LogP contribution >= 0.6 is 0 Å². The van der Waals surface area contributed by atoms with Gasteiger partial charge in [0.1, 0.15) is 8.07 Å². The third-order valence-electron chi connectivity index (χ3n) is 12.8. The lowest BCUT2D eigenvalue weighted by atomic mass is 9.62. The summed E-state index contributed by atoms with van der Waals surface area (Å²) in [5, 5.41) is 8.21. The van der Waals surface area contributed by atoms with Gasteiger partial charge in [0, 0.05) is 27.2 Å². The van der Waals surface area contributed by atoms with Crippen LogP contribution in [0.4, 0.5) is 0 Å². The molecule has 2 aliphatic rings. The lowest BCUT2D eigenvalue weighted by molar-refractivity contribution is 0.732. The molecule has 1 unspecified atom stereocenters. The molecule has 254 valence electrons. The molecule has 0 saturated carbocycles. The van der Waals surface area contributed by atoms with Gasteiger partial charge in [0.2, 0.25) is 0 Å². The lowest BCUT2D eigenvalue weighted by Gasteiger charge is -2.49. The smallest absolute Gasteiger partial charge is 0.113 e. The van der Waals surface area contributed by atoms with E-state index in [9.17, 15) is 0 Å². The summed E-state index contributed by atoms with van der Waals surface area (Å²) in [6.45, 7) is 5.10. The summed E-state index contributed by atoms with van der Waals surface area (Å²) in [5.41, 5.74) is 15.1. The summed E-state index contributed by atoms with van der Waals surface area (Å²) >= 11 is 0. The number of hydrogen-bond acceptors (Lipinski definition) is 0. The second kappa shape index (κ2) is 10.6. The number of benzene rings is 8. The van der Waals surface area contributed by atoms with Crippen molar-refractivity contribution >= 4 is 62.1 Å². The van der Waals surface area contributed by atoms with Crippen LogP contribution in [0.1, 0.15) is 22.3 Å². The van der Waals surface area contributed by atoms with Gasteiger partial charge in [-0.05, 0) is 92.3 Å². The molecule has 1 spiro atoms. The van der Waals surface area contributed by atoms with Crippen molar-refractivity contribution in [3.05, 3.63) is 204 Å². The molecule has 4 heterocycles. The van der Waals surface area contributed by atoms with Gasteiger partial charge in [-0.1, -0.05) is 147 Å². The number of nitrogens with zero attached hydrogens (tertiary/aromatic N) is 2. The van der Waals surface area contributed by atoms with Crippen molar-refractivity contribution in [2.45, 2.75) is 18.5 Å². The standard InChI is InChI=1S/C51H36N2Si/c1-54(2)48-26-13-9-21-41(48)51(40-20-8-12-25-47(40)53-45-24-11-6-17-36(45)38-19-14-22-42(51)50(38)53)43-32-34(28-30-49(43)54)33-27-29-46-39(31-33)37-18-7-10-23-44(37)52(46)35-15-4-3-5-16-35/h3-32H,1-2H3. The predicted octanol–water partition coefficient (Wildman–Crippen LogP) is 11.4. The van der Waals surface area contributed by atoms with E-state index in [1.165, 1.54) is 98.7 Å². The van der Waals surface area contributed by atoms with Gasteiger partial charge in [0.15, 0.2) is 0 Å². The first kappa shape index (κ1) is 30.1. The zero-order valence-corrected chi connectivity index (χ0v) is 31.2. The van der Waals surface area contributed by atoms with Crippen molar-refractivity contribution in [2.75, 3.05) is 0 Å². The van der Waals surface area contributed by atoms with Gasteiger partial charge in [-0.25, -0.2) is 0 Å². The average Bonchev–Trinajstić information content (AvgIpc) is 3.75. The minimum atomic E-state index is -2.12. The Morgan fingerprint density at radius 1 is 0.389 bits per heavy atom. The molecule has 2 nitrogen and oxygen atoms in total. The predicted molar refractivity (Wildman–Crippen MR) is 229 cm³/mol. The Kier molecular flexibility index (Phi) is 5.90. The van der Waals surface area contributed by atoms with Gasteiger partial charge >= 0.3 is 0 Å². The average molecular weight is 705 g/mol. The van der Waals surface area contributed by atoms with Crippen LogP contribution in [0.25, 0.3) is 66.1 Å². The summed E-state index contributed by atoms with van der Waals surface area (Å²) < 4.78 is 4.94. The third-order valence-corrected chi connectivity index (χ3v) is 16.3. The zero-order chi connectivity index (χ0) is 35.8. The first-order chi connectivity index (χ1) is 26.6. The summed E-state index contributed by atoms with van der Waals surface area (Å²) in [5.74, 6) is 0. The topological polar surface area (TPSA) is 9.86 Å². The largest absolute Gasteiger partial charge is 0.309 e. The number of fused-ring (bicyclic) bond motifs is 14. The minimum absolute atomic E-state index is 0.488. The van der Waals surface area contributed by atoms with Crippen LogP contribution in [0.5, 0.6) is 0 Å². The molecule has 54 heavy (non-hydrogen) atoms. The molecule has 0 aliphatic carbocycles. The molecule has 0 N–H and O–H groups in total. The second-order valence-corrected chi connectivity index (χ2v) is 20.0. The monoisotopic (exact) mass is 704 g/mol. The van der Waals surface area contributed by atoms with Crippen LogP contribution in [0.3, 0.4) is 0 Å². The molecular formula is C51H36N2Si. The summed E-state index contributed by atoms with van der Waals surface area (Å²) in [4.78, 5) is 0. The van der Waals surface area contributed by atoms with Gasteiger partial charge in [0.05, 0.1) is 33.2 Å². The van der Waals surface area contributed by atoms with Crippen LogP contribution in [0, 0.1) is 0 Å². The first-order valence-electron chi connectivity index (χ1n) is 19.0. The molecule has 0 amide bonds. The van der Waals surface area contributed by atoms with E-state index in [0.29, 0.717) is 0 Å². The maximum atomic E-state index is 2.57. The Labute approximate surface area is 315 Å². The van der Waals surface area contributed by atoms with Crippen molar-refractivity contribution < 1.29 is 0 Å². The van der Waals surface area contributed by atoms with Gasteiger partial charge in [0.25, 0.3) is 0 Å². The quantitative estimate of drug-likeness (QED) is 0.159. The molecular weight excluding hydrogens is 669 g/mol. The van der Waals surface area contributed by atoms with Crippen molar-refractivity contribution in [3.63, 3.8) is 0 Å². The van der Waals surface area contributed by atoms with Crippen LogP contribution in [-0.2, 0) is 5.41 Å². The van der Waals surface area contributed by atoms with Crippen molar-refractivity contribution in [1.29, 1.82) is 0 Å². The number of aromatic nitrogens is 2. The highest BCUT2D eigenvalue weighted by atomic mass is 28.3. The molecule has 0 radical (unpaired) electrons. The molecule has 0 saturated heterocycles. The first-order valence-corrected chi connectivity index (χ1v) is 22.0. The Hall–Kier alpha value is -6.42. The van der Waals surface area contributed by atoms with E-state index in [2.05, 4.69) is 204 Å². The van der Waals surface area contributed by atoms with Crippen molar-refractivity contribution in [2.24, 2.45) is 0 Å². The molecule has 0 bridgehead atoms. The van der Waals surface area contributed by atoms with E-state index in [-0.39, 0.29) is 0 Å². The van der Waals surface area contributed by atoms with Crippen molar-refractivity contribution in [3.8, 4) is 22.5 Å². The van der Waals surface area contributed by atoms with E-state index in [4.69, 9.17) is 0 Å².